The Morgan fingerprint density at radius 2 is 1.86 bits per heavy atom. The summed E-state index contributed by atoms with van der Waals surface area (Å²) < 4.78 is 11.6. The number of guanidine groups is 1. The van der Waals surface area contributed by atoms with Gasteiger partial charge in [-0.1, -0.05) is 6.92 Å². The summed E-state index contributed by atoms with van der Waals surface area (Å²) in [6.45, 7) is 8.76. The fourth-order valence-corrected chi connectivity index (χ4v) is 4.38. The number of nitrogens with zero attached hydrogens (tertiary/aromatic N) is 1. The third-order valence-corrected chi connectivity index (χ3v) is 6.04. The van der Waals surface area contributed by atoms with Crippen molar-refractivity contribution in [2.24, 2.45) is 4.99 Å². The second-order valence-electron chi connectivity index (χ2n) is 6.41. The predicted molar refractivity (Wildman–Crippen MR) is 93.9 cm³/mol. The highest BCUT2D eigenvalue weighted by molar-refractivity contribution is 8.00. The van der Waals surface area contributed by atoms with E-state index in [2.05, 4.69) is 29.5 Å². The molecule has 0 amide bonds. The molecule has 0 aromatic heterocycles. The monoisotopic (exact) mass is 329 g/mol. The van der Waals surface area contributed by atoms with Crippen molar-refractivity contribution in [1.29, 1.82) is 0 Å². The van der Waals surface area contributed by atoms with E-state index >= 15 is 0 Å². The van der Waals surface area contributed by atoms with Crippen LogP contribution in [0.1, 0.15) is 39.5 Å². The third-order valence-electron chi connectivity index (χ3n) is 4.59. The Morgan fingerprint density at radius 3 is 2.45 bits per heavy atom. The Morgan fingerprint density at radius 1 is 1.14 bits per heavy atom. The van der Waals surface area contributed by atoms with Crippen LogP contribution in [-0.2, 0) is 9.47 Å². The zero-order valence-corrected chi connectivity index (χ0v) is 15.1. The van der Waals surface area contributed by atoms with E-state index < -0.39 is 0 Å². The van der Waals surface area contributed by atoms with Gasteiger partial charge in [-0.3, -0.25) is 4.99 Å². The molecule has 22 heavy (non-hydrogen) atoms. The largest absolute Gasteiger partial charge is 0.381 e. The van der Waals surface area contributed by atoms with Crippen molar-refractivity contribution in [2.75, 3.05) is 45.7 Å². The molecule has 0 aromatic rings. The average molecular weight is 330 g/mol. The Hall–Kier alpha value is -0.460. The minimum absolute atomic E-state index is 0.0495. The molecule has 2 aliphatic rings. The van der Waals surface area contributed by atoms with E-state index in [-0.39, 0.29) is 10.3 Å². The number of nitrogens with one attached hydrogen (secondary N) is 2. The summed E-state index contributed by atoms with van der Waals surface area (Å²) in [7, 11) is 1.83. The lowest BCUT2D eigenvalue weighted by Gasteiger charge is -2.37. The molecule has 2 fully saturated rings. The molecule has 0 saturated carbocycles. The van der Waals surface area contributed by atoms with Crippen molar-refractivity contribution in [2.45, 2.75) is 49.9 Å². The molecular formula is C16H31N3O2S. The second-order valence-corrected chi connectivity index (χ2v) is 8.14. The smallest absolute Gasteiger partial charge is 0.191 e. The Balaban J connectivity index is 1.81. The maximum atomic E-state index is 5.82. The van der Waals surface area contributed by atoms with Gasteiger partial charge in [0.1, 0.15) is 0 Å². The van der Waals surface area contributed by atoms with Crippen LogP contribution in [0.15, 0.2) is 4.99 Å². The number of aliphatic imine (C=N–C) groups is 1. The van der Waals surface area contributed by atoms with Gasteiger partial charge in [0, 0.05) is 44.7 Å². The van der Waals surface area contributed by atoms with Crippen molar-refractivity contribution < 1.29 is 9.47 Å². The molecule has 2 rings (SSSR count). The summed E-state index contributed by atoms with van der Waals surface area (Å²) in [6.07, 6.45) is 4.48. The molecule has 0 spiro atoms. The van der Waals surface area contributed by atoms with Gasteiger partial charge in [-0.2, -0.15) is 11.8 Å². The van der Waals surface area contributed by atoms with Gasteiger partial charge in [-0.25, -0.2) is 0 Å². The third kappa shape index (κ3) is 5.03. The van der Waals surface area contributed by atoms with Crippen LogP contribution in [0, 0.1) is 0 Å². The zero-order valence-electron chi connectivity index (χ0n) is 14.2. The Kier molecular flexibility index (Phi) is 6.84. The molecular weight excluding hydrogens is 298 g/mol. The van der Waals surface area contributed by atoms with E-state index in [0.717, 1.165) is 70.3 Å². The molecule has 0 bridgehead atoms. The molecule has 0 aromatic carbocycles. The molecule has 2 N–H and O–H groups in total. The van der Waals surface area contributed by atoms with Crippen LogP contribution in [0.4, 0.5) is 0 Å². The van der Waals surface area contributed by atoms with E-state index in [4.69, 9.17) is 9.47 Å². The molecule has 128 valence electrons. The number of rotatable bonds is 6. The van der Waals surface area contributed by atoms with Gasteiger partial charge >= 0.3 is 0 Å². The quantitative estimate of drug-likeness (QED) is 0.577. The lowest BCUT2D eigenvalue weighted by atomic mass is 9.99. The van der Waals surface area contributed by atoms with E-state index in [1.807, 2.05) is 18.8 Å². The average Bonchev–Trinajstić information content (AvgIpc) is 2.96. The minimum atomic E-state index is -0.0495. The van der Waals surface area contributed by atoms with Crippen molar-refractivity contribution in [3.8, 4) is 0 Å². The standard InChI is InChI=1S/C16H31N3O2S/c1-4-22-16(7-10-20-11-8-16)13-19-14(17-3)18-12-15(2)6-5-9-21-15/h4-13H2,1-3H3,(H2,17,18,19). The summed E-state index contributed by atoms with van der Waals surface area (Å²) in [6, 6.07) is 0. The van der Waals surface area contributed by atoms with Crippen LogP contribution in [0.25, 0.3) is 0 Å². The fourth-order valence-electron chi connectivity index (χ4n) is 3.13. The molecule has 5 nitrogen and oxygen atoms in total. The van der Waals surface area contributed by atoms with Crippen molar-refractivity contribution in [1.82, 2.24) is 10.6 Å². The molecule has 1 unspecified atom stereocenters. The highest BCUT2D eigenvalue weighted by atomic mass is 32.2. The Bertz CT molecular complexity index is 359. The van der Waals surface area contributed by atoms with Crippen LogP contribution in [0.2, 0.25) is 0 Å². The molecule has 2 heterocycles. The summed E-state index contributed by atoms with van der Waals surface area (Å²) in [5.41, 5.74) is -0.0495. The highest BCUT2D eigenvalue weighted by Gasteiger charge is 2.33. The molecule has 6 heteroatoms. The van der Waals surface area contributed by atoms with Crippen LogP contribution in [0.3, 0.4) is 0 Å². The van der Waals surface area contributed by atoms with Crippen LogP contribution >= 0.6 is 11.8 Å². The summed E-state index contributed by atoms with van der Waals surface area (Å²) in [5, 5.41) is 6.94. The van der Waals surface area contributed by atoms with E-state index in [1.54, 1.807) is 0 Å². The first kappa shape index (κ1) is 17.9. The number of ether oxygens (including phenoxy) is 2. The minimum Gasteiger partial charge on any atom is -0.381 e. The topological polar surface area (TPSA) is 54.9 Å². The predicted octanol–water partition coefficient (Wildman–Crippen LogP) is 2.02. The second kappa shape index (κ2) is 8.41. The van der Waals surface area contributed by atoms with Crippen molar-refractivity contribution in [3.63, 3.8) is 0 Å². The molecule has 0 radical (unpaired) electrons. The van der Waals surface area contributed by atoms with Crippen LogP contribution in [-0.4, -0.2) is 62.0 Å². The summed E-state index contributed by atoms with van der Waals surface area (Å²) in [4.78, 5) is 4.35. The maximum absolute atomic E-state index is 5.82. The SMILES string of the molecule is CCSC1(CNC(=NC)NCC2(C)CCCO2)CCOCC1. The first-order valence-corrected chi connectivity index (χ1v) is 9.40. The summed E-state index contributed by atoms with van der Waals surface area (Å²) >= 11 is 2.04. The fraction of sp³-hybridized carbons (Fsp3) is 0.938. The lowest BCUT2D eigenvalue weighted by Crippen LogP contribution is -2.50. The van der Waals surface area contributed by atoms with Gasteiger partial charge in [0.2, 0.25) is 0 Å². The number of hydrogen-bond acceptors (Lipinski definition) is 4. The molecule has 2 aliphatic heterocycles. The van der Waals surface area contributed by atoms with Gasteiger partial charge in [0.25, 0.3) is 0 Å². The van der Waals surface area contributed by atoms with Gasteiger partial charge in [0.15, 0.2) is 5.96 Å². The molecule has 2 saturated heterocycles. The van der Waals surface area contributed by atoms with Gasteiger partial charge in [-0.05, 0) is 38.4 Å². The lowest BCUT2D eigenvalue weighted by molar-refractivity contribution is 0.0242. The highest BCUT2D eigenvalue weighted by Crippen LogP contribution is 2.34. The first-order chi connectivity index (χ1) is 10.6. The van der Waals surface area contributed by atoms with Crippen molar-refractivity contribution in [3.05, 3.63) is 0 Å². The first-order valence-electron chi connectivity index (χ1n) is 8.42. The number of hydrogen-bond donors (Lipinski definition) is 2. The zero-order chi connectivity index (χ0) is 15.9. The van der Waals surface area contributed by atoms with Gasteiger partial charge < -0.3 is 20.1 Å². The number of thioether (sulfide) groups is 1. The normalized spacial score (nSPS) is 28.6. The maximum Gasteiger partial charge on any atom is 0.191 e. The van der Waals surface area contributed by atoms with Crippen molar-refractivity contribution >= 4 is 17.7 Å². The Labute approximate surface area is 139 Å². The van der Waals surface area contributed by atoms with E-state index in [1.165, 1.54) is 0 Å². The van der Waals surface area contributed by atoms with Gasteiger partial charge in [0.05, 0.1) is 5.60 Å². The van der Waals surface area contributed by atoms with E-state index in [9.17, 15) is 0 Å². The molecule has 0 aliphatic carbocycles. The van der Waals surface area contributed by atoms with E-state index in [0.29, 0.717) is 0 Å². The summed E-state index contributed by atoms with van der Waals surface area (Å²) in [5.74, 6) is 2.01. The van der Waals surface area contributed by atoms with Crippen LogP contribution < -0.4 is 10.6 Å². The van der Waals surface area contributed by atoms with Gasteiger partial charge in [-0.15, -0.1) is 0 Å². The van der Waals surface area contributed by atoms with Crippen LogP contribution in [0.5, 0.6) is 0 Å². The molecule has 1 atom stereocenters.